The van der Waals surface area contributed by atoms with Gasteiger partial charge in [0, 0.05) is 41.8 Å². The number of hydrogen-bond donors (Lipinski definition) is 18. The lowest BCUT2D eigenvalue weighted by Crippen LogP contribution is -2.64. The molecule has 18 atom stereocenters. The van der Waals surface area contributed by atoms with Gasteiger partial charge in [-0.15, -0.1) is 0 Å². The number of aliphatic hydroxyl groups is 6. The van der Waals surface area contributed by atoms with Crippen molar-refractivity contribution in [1.82, 2.24) is 31.9 Å². The van der Waals surface area contributed by atoms with E-state index in [1.54, 1.807) is 13.8 Å². The maximum absolute atomic E-state index is 16.1. The van der Waals surface area contributed by atoms with Crippen LogP contribution in [-0.4, -0.2) is 198 Å². The molecular formula is C71H77Cl2N9O27. The number of likely N-dealkylation sites (N-methyl/N-ethyl adjacent to an activating group) is 1. The van der Waals surface area contributed by atoms with E-state index in [4.69, 9.17) is 67.8 Å². The van der Waals surface area contributed by atoms with Crippen LogP contribution in [-0.2, 0) is 52.6 Å². The molecule has 0 saturated carbocycles. The first-order valence-corrected chi connectivity index (χ1v) is 34.5. The molecule has 0 aromatic heterocycles. The Morgan fingerprint density at radius 2 is 1.31 bits per heavy atom. The number of nitrogens with zero attached hydrogens (tertiary/aromatic N) is 1. The van der Waals surface area contributed by atoms with Crippen LogP contribution in [0.25, 0.3) is 11.1 Å². The number of aliphatic carboxylic acids is 1. The first kappa shape index (κ1) is 79.6. The Labute approximate surface area is 627 Å². The van der Waals surface area contributed by atoms with Crippen LogP contribution in [0.1, 0.15) is 105 Å². The zero-order chi connectivity index (χ0) is 79.4. The summed E-state index contributed by atoms with van der Waals surface area (Å²) in [5.41, 5.74) is 5.41. The number of nitrogens with one attached hydrogen (secondary N) is 6. The predicted octanol–water partition coefficient (Wildman–Crippen LogP) is -0.372. The van der Waals surface area contributed by atoms with Crippen LogP contribution in [0.5, 0.6) is 51.7 Å². The molecule has 13 rings (SSSR count). The summed E-state index contributed by atoms with van der Waals surface area (Å²) in [7, 11) is 2.41. The van der Waals surface area contributed by atoms with Crippen molar-refractivity contribution in [3.8, 4) is 62.9 Å². The van der Waals surface area contributed by atoms with Crippen molar-refractivity contribution in [3.05, 3.63) is 137 Å². The number of aliphatic hydroxyl groups excluding tert-OH is 6. The molecule has 2 fully saturated rings. The van der Waals surface area contributed by atoms with E-state index in [1.165, 1.54) is 20.9 Å². The van der Waals surface area contributed by atoms with Crippen LogP contribution >= 0.6 is 23.2 Å². The number of amides is 7. The van der Waals surface area contributed by atoms with Gasteiger partial charge in [0.1, 0.15) is 101 Å². The molecule has 0 aliphatic carbocycles. The number of methoxy groups -OCH3 is 1. The number of benzene rings is 5. The van der Waals surface area contributed by atoms with Crippen molar-refractivity contribution in [3.63, 3.8) is 0 Å². The number of carbonyl (C=O) groups is 8. The number of phenolic OH excluding ortho intramolecular Hbond substituents is 3. The van der Waals surface area contributed by atoms with Gasteiger partial charge in [0.25, 0.3) is 10.9 Å². The number of fused-ring (bicyclic) bond motifs is 15. The molecule has 6 aromatic carbocycles. The van der Waals surface area contributed by atoms with Crippen molar-refractivity contribution in [2.45, 2.75) is 156 Å². The van der Waals surface area contributed by atoms with E-state index in [0.29, 0.717) is 0 Å². The summed E-state index contributed by atoms with van der Waals surface area (Å²) >= 11 is 14.2. The van der Waals surface area contributed by atoms with Crippen molar-refractivity contribution in [1.29, 1.82) is 0 Å². The number of rotatable bonds is 15. The highest BCUT2D eigenvalue weighted by Crippen LogP contribution is 2.50. The molecule has 2 saturated heterocycles. The van der Waals surface area contributed by atoms with E-state index in [2.05, 4.69) is 31.9 Å². The normalized spacial score (nSPS) is 28.1. The van der Waals surface area contributed by atoms with Gasteiger partial charge >= 0.3 is 5.97 Å². The van der Waals surface area contributed by atoms with E-state index in [0.717, 1.165) is 90.9 Å². The summed E-state index contributed by atoms with van der Waals surface area (Å²) in [5, 5.41) is 128. The molecule has 38 heteroatoms. The first-order chi connectivity index (χ1) is 51.4. The Balaban J connectivity index is 1.15. The van der Waals surface area contributed by atoms with Gasteiger partial charge in [-0.3, -0.25) is 43.2 Å². The Bertz CT molecular complexity index is 4690. The summed E-state index contributed by atoms with van der Waals surface area (Å²) in [4.78, 5) is 145. The Morgan fingerprint density at radius 1 is 0.706 bits per heavy atom. The third kappa shape index (κ3) is 16.0. The molecule has 6 aromatic rings. The average Bonchev–Trinajstić information content (AvgIpc) is 0.796. The fourth-order valence-corrected chi connectivity index (χ4v) is 14.0. The molecule has 0 unspecified atom stereocenters. The van der Waals surface area contributed by atoms with Crippen LogP contribution in [0, 0.1) is 5.92 Å². The van der Waals surface area contributed by atoms with E-state index < -0.39 is 264 Å². The number of carbonyl (C=O) groups excluding carboxylic acids is 7. The van der Waals surface area contributed by atoms with Crippen molar-refractivity contribution in [2.75, 3.05) is 25.7 Å². The standard InChI is InChI=1S/C71H77Cl2N9O27/c1-24(2)13-36(82(5)52-56(91)58(93)60(52)103-6)64(96)80-50-53(88)27-8-11-39(33(72)15-27)105-41-17-29-18-42(59(41)109-70-61(57(92)55(90)43(23-83)107-70)108-45-22-71(4,75)62(94)25(3)104-45)106-40-12-9-28(16-34(40)73)54(89)51-68(100)79-49(69(101)102)32-19-30(84)20-38(86)46(32)31-14-26(7-10-37(31)85)47(65(97)81-51)78-66(98)48(29)77-63(95)35(21-44(74)87)76-67(50)99/h7-12,14-20,24-25,35-36,43,45,47-51,53-55,57,61-62,70,83-86,88-90,92,94H,13,21-23,75H2,1-6H3,(H2,74,87)(H,76,99)(H,77,95)(H,78,98)(H,79,100)(H,80,96)(H,81,97)(H,101,102)/t25-,35-,36+,43+,45-,47+,48+,49-,50+,51-,53+,54+,55+,57-,61+,62+,70-,71-/m0/s1. The third-order valence-corrected chi connectivity index (χ3v) is 19.9. The smallest absolute Gasteiger partial charge is 0.330 e. The fourth-order valence-electron chi connectivity index (χ4n) is 13.6. The minimum absolute atomic E-state index is 0.0940. The van der Waals surface area contributed by atoms with Crippen LogP contribution in [0.2, 0.25) is 10.0 Å². The Kier molecular flexibility index (Phi) is 23.1. The van der Waals surface area contributed by atoms with Crippen LogP contribution < -0.4 is 78.1 Å². The lowest BCUT2D eigenvalue weighted by atomic mass is 9.86. The van der Waals surface area contributed by atoms with Crippen LogP contribution in [0.4, 0.5) is 5.69 Å². The number of hydrogen-bond acceptors (Lipinski definition) is 28. The molecule has 7 aliphatic rings. The van der Waals surface area contributed by atoms with Crippen molar-refractivity contribution in [2.24, 2.45) is 17.4 Å². The van der Waals surface area contributed by atoms with Gasteiger partial charge in [-0.05, 0) is 103 Å². The molecule has 7 amide bonds. The molecule has 109 heavy (non-hydrogen) atoms. The SMILES string of the molecule is COc1c(N(C)[C@H](CC(C)C)C(=O)N[C@H]2C(=O)N[C@@H](CC(N)=O)C(=O)N[C@H]3C(=O)N[C@H]4C(=O)N[C@H](C(=O)N[C@H](C(=O)O)c5cc(O)cc(O)c5-c5cc4ccc5O)[C@H](O)c4ccc(c(Cl)c4)Oc4cc3cc(c4O[C@@H]3O[C@H](CO)[C@@H](O)[C@H](O)[C@H]3O[C@H]3C[C@](C)(N)[C@H](O)[C@H](C)O3)Oc3ccc(cc3Cl)[C@H]2O)c(=O)c1=O. The topological polar surface area (TPSA) is 565 Å². The Hall–Kier alpha value is -10.5. The number of carboxylic acid groups (broad SMARTS) is 1. The summed E-state index contributed by atoms with van der Waals surface area (Å²) in [6, 6.07) is -2.07. The molecule has 0 radical (unpaired) electrons. The number of ether oxygens (including phenoxy) is 7. The zero-order valence-electron chi connectivity index (χ0n) is 58.5. The molecule has 20 N–H and O–H groups in total. The lowest BCUT2D eigenvalue weighted by molar-refractivity contribution is -0.333. The molecule has 11 bridgehead atoms. The van der Waals surface area contributed by atoms with Gasteiger partial charge in [0.15, 0.2) is 35.7 Å². The van der Waals surface area contributed by atoms with E-state index in [9.17, 15) is 79.8 Å². The highest BCUT2D eigenvalue weighted by molar-refractivity contribution is 6.32. The predicted molar refractivity (Wildman–Crippen MR) is 377 cm³/mol. The second-order valence-corrected chi connectivity index (χ2v) is 28.4. The quantitative estimate of drug-likeness (QED) is 0.0583. The lowest BCUT2D eigenvalue weighted by Gasteiger charge is -2.47. The number of phenols is 3. The number of anilines is 1. The van der Waals surface area contributed by atoms with Gasteiger partial charge in [0.2, 0.25) is 53.4 Å². The maximum atomic E-state index is 16.1. The molecule has 7 aliphatic heterocycles. The summed E-state index contributed by atoms with van der Waals surface area (Å²) in [6.07, 6.45) is -19.4. The summed E-state index contributed by atoms with van der Waals surface area (Å²) in [5.74, 6) is -17.6. The molecule has 36 nitrogen and oxygen atoms in total. The van der Waals surface area contributed by atoms with Crippen LogP contribution in [0.3, 0.4) is 0 Å². The molecular weight excluding hydrogens is 1480 g/mol. The highest BCUT2D eigenvalue weighted by Gasteiger charge is 2.52. The summed E-state index contributed by atoms with van der Waals surface area (Å²) < 4.78 is 43.5. The van der Waals surface area contributed by atoms with Crippen LogP contribution in [0.15, 0.2) is 88.5 Å². The fraction of sp³-hybridized carbons (Fsp3) is 0.408. The van der Waals surface area contributed by atoms with E-state index in [-0.39, 0.29) is 41.3 Å². The maximum Gasteiger partial charge on any atom is 0.330 e. The van der Waals surface area contributed by atoms with Gasteiger partial charge < -0.3 is 132 Å². The number of carboxylic acids is 1. The first-order valence-electron chi connectivity index (χ1n) is 33.8. The van der Waals surface area contributed by atoms with Gasteiger partial charge in [-0.25, -0.2) is 4.79 Å². The van der Waals surface area contributed by atoms with Gasteiger partial charge in [0.05, 0.1) is 42.4 Å². The van der Waals surface area contributed by atoms with Crippen molar-refractivity contribution >= 4 is 76.2 Å². The molecule has 0 spiro atoms. The minimum atomic E-state index is -2.42. The minimum Gasteiger partial charge on any atom is -0.508 e. The second-order valence-electron chi connectivity index (χ2n) is 27.5. The monoisotopic (exact) mass is 1560 g/mol. The number of primary amides is 1. The largest absolute Gasteiger partial charge is 0.508 e. The number of halogens is 2. The molecule has 582 valence electrons. The van der Waals surface area contributed by atoms with Gasteiger partial charge in [-0.2, -0.15) is 0 Å². The third-order valence-electron chi connectivity index (χ3n) is 19.3. The molecule has 7 heterocycles. The average molecular weight is 1560 g/mol. The van der Waals surface area contributed by atoms with Gasteiger partial charge in [-0.1, -0.05) is 55.2 Å². The summed E-state index contributed by atoms with van der Waals surface area (Å²) in [6.45, 7) is 5.37. The highest BCUT2D eigenvalue weighted by atomic mass is 35.5. The number of aromatic hydroxyl groups is 3. The second kappa shape index (κ2) is 31.6. The van der Waals surface area contributed by atoms with E-state index >= 15 is 19.2 Å². The number of nitrogens with two attached hydrogens (primary N) is 2. The van der Waals surface area contributed by atoms with Crippen molar-refractivity contribution < 1.29 is 123 Å². The Morgan fingerprint density at radius 3 is 1.90 bits per heavy atom. The van der Waals surface area contributed by atoms with E-state index in [1.807, 2.05) is 0 Å². The zero-order valence-corrected chi connectivity index (χ0v) is 60.0.